The summed E-state index contributed by atoms with van der Waals surface area (Å²) in [6.45, 7) is 1.21. The largest absolute Gasteiger partial charge is 0.497 e. The number of benzene rings is 1. The average molecular weight is 259 g/mol. The van der Waals surface area contributed by atoms with Gasteiger partial charge in [-0.1, -0.05) is 12.1 Å². The zero-order chi connectivity index (χ0) is 13.7. The maximum Gasteiger partial charge on any atom is 0.157 e. The number of ether oxygens (including phenoxy) is 2. The highest BCUT2D eigenvalue weighted by molar-refractivity contribution is 5.90. The molecular weight excluding hydrogens is 242 g/mol. The van der Waals surface area contributed by atoms with Gasteiger partial charge in [0.1, 0.15) is 11.7 Å². The van der Waals surface area contributed by atoms with Gasteiger partial charge in [-0.25, -0.2) is 0 Å². The quantitative estimate of drug-likeness (QED) is 0.832. The Morgan fingerprint density at radius 3 is 2.84 bits per heavy atom. The van der Waals surface area contributed by atoms with Crippen LogP contribution in [0.2, 0.25) is 0 Å². The van der Waals surface area contributed by atoms with Gasteiger partial charge in [-0.15, -0.1) is 0 Å². The van der Waals surface area contributed by atoms with E-state index in [1.165, 1.54) is 0 Å². The van der Waals surface area contributed by atoms with Crippen LogP contribution in [0.3, 0.4) is 0 Å². The molecule has 1 saturated heterocycles. The van der Waals surface area contributed by atoms with Crippen molar-refractivity contribution in [3.8, 4) is 11.8 Å². The molecule has 0 saturated carbocycles. The van der Waals surface area contributed by atoms with Gasteiger partial charge in [0.05, 0.1) is 13.2 Å². The van der Waals surface area contributed by atoms with E-state index in [-0.39, 0.29) is 11.7 Å². The Morgan fingerprint density at radius 1 is 1.47 bits per heavy atom. The van der Waals surface area contributed by atoms with Gasteiger partial charge >= 0.3 is 0 Å². The molecule has 1 heterocycles. The number of carbonyl (C=O) groups excluding carboxylic acids is 1. The number of hydrogen-bond donors (Lipinski definition) is 0. The second kappa shape index (κ2) is 6.35. The van der Waals surface area contributed by atoms with E-state index in [0.29, 0.717) is 37.4 Å². The van der Waals surface area contributed by atoms with Crippen LogP contribution in [-0.4, -0.2) is 26.1 Å². The monoisotopic (exact) mass is 259 g/mol. The Balaban J connectivity index is 2.18. The van der Waals surface area contributed by atoms with Crippen LogP contribution >= 0.6 is 0 Å². The van der Waals surface area contributed by atoms with E-state index in [1.54, 1.807) is 31.4 Å². The number of Topliss-reactive ketones (excluding diaryl/α,β-unsaturated/α-hetero) is 1. The van der Waals surface area contributed by atoms with E-state index in [1.807, 2.05) is 0 Å². The van der Waals surface area contributed by atoms with Crippen LogP contribution in [0.1, 0.15) is 24.3 Å². The van der Waals surface area contributed by atoms with Gasteiger partial charge in [-0.3, -0.25) is 4.79 Å². The first-order chi connectivity index (χ1) is 9.26. The molecule has 0 aromatic heterocycles. The fraction of sp³-hybridized carbons (Fsp3) is 0.467. The number of carbonyl (C=O) groups is 1. The maximum absolute atomic E-state index is 12.4. The van der Waals surface area contributed by atoms with E-state index in [9.17, 15) is 10.1 Å². The predicted octanol–water partition coefficient (Wildman–Crippen LogP) is 2.30. The lowest BCUT2D eigenvalue weighted by molar-refractivity contribution is -0.126. The molecule has 1 fully saturated rings. The van der Waals surface area contributed by atoms with Crippen LogP contribution in [0.25, 0.3) is 0 Å². The van der Waals surface area contributed by atoms with Crippen LogP contribution < -0.4 is 4.74 Å². The number of nitriles is 1. The van der Waals surface area contributed by atoms with Crippen molar-refractivity contribution in [2.24, 2.45) is 5.92 Å². The van der Waals surface area contributed by atoms with Gasteiger partial charge in [-0.2, -0.15) is 5.26 Å². The topological polar surface area (TPSA) is 59.3 Å². The molecule has 0 bridgehead atoms. The van der Waals surface area contributed by atoms with E-state index in [2.05, 4.69) is 6.07 Å². The Hall–Kier alpha value is -1.86. The number of rotatable bonds is 4. The van der Waals surface area contributed by atoms with E-state index in [0.717, 1.165) is 0 Å². The molecule has 0 aliphatic carbocycles. The standard InChI is InChI=1S/C15H17NO3/c1-18-13-4-2-3-12(9-13)14(10-16)15(17)11-5-7-19-8-6-11/h2-4,9,11,14H,5-8H2,1H3. The number of nitrogens with zero attached hydrogens (tertiary/aromatic N) is 1. The van der Waals surface area contributed by atoms with Gasteiger partial charge in [0, 0.05) is 19.1 Å². The van der Waals surface area contributed by atoms with Crippen molar-refractivity contribution < 1.29 is 14.3 Å². The molecule has 19 heavy (non-hydrogen) atoms. The van der Waals surface area contributed by atoms with Gasteiger partial charge in [0.15, 0.2) is 5.78 Å². The van der Waals surface area contributed by atoms with Crippen LogP contribution in [0, 0.1) is 17.2 Å². The van der Waals surface area contributed by atoms with Crippen LogP contribution in [0.15, 0.2) is 24.3 Å². The predicted molar refractivity (Wildman–Crippen MR) is 69.9 cm³/mol. The molecule has 2 rings (SSSR count). The van der Waals surface area contributed by atoms with Crippen LogP contribution in [0.4, 0.5) is 0 Å². The van der Waals surface area contributed by atoms with Crippen LogP contribution in [-0.2, 0) is 9.53 Å². The lowest BCUT2D eigenvalue weighted by Gasteiger charge is -2.23. The summed E-state index contributed by atoms with van der Waals surface area (Å²) >= 11 is 0. The molecule has 100 valence electrons. The lowest BCUT2D eigenvalue weighted by Crippen LogP contribution is -2.27. The van der Waals surface area contributed by atoms with Crippen molar-refractivity contribution in [3.63, 3.8) is 0 Å². The van der Waals surface area contributed by atoms with E-state index >= 15 is 0 Å². The minimum absolute atomic E-state index is 0.000877. The van der Waals surface area contributed by atoms with Gasteiger partial charge in [-0.05, 0) is 30.5 Å². The van der Waals surface area contributed by atoms with Crippen molar-refractivity contribution >= 4 is 5.78 Å². The lowest BCUT2D eigenvalue weighted by atomic mass is 9.84. The van der Waals surface area contributed by atoms with Crippen molar-refractivity contribution in [1.29, 1.82) is 5.26 Å². The highest BCUT2D eigenvalue weighted by Crippen LogP contribution is 2.27. The first-order valence-corrected chi connectivity index (χ1v) is 6.41. The van der Waals surface area contributed by atoms with E-state index < -0.39 is 5.92 Å². The molecule has 0 N–H and O–H groups in total. The summed E-state index contributed by atoms with van der Waals surface area (Å²) in [5.74, 6) is -0.112. The Kier molecular flexibility index (Phi) is 4.53. The Morgan fingerprint density at radius 2 is 2.21 bits per heavy atom. The second-order valence-electron chi connectivity index (χ2n) is 4.63. The molecular formula is C15H17NO3. The molecule has 1 aliphatic rings. The average Bonchev–Trinajstić information content (AvgIpc) is 2.49. The summed E-state index contributed by atoms with van der Waals surface area (Å²) in [5, 5.41) is 9.30. The molecule has 0 spiro atoms. The maximum atomic E-state index is 12.4. The second-order valence-corrected chi connectivity index (χ2v) is 4.63. The summed E-state index contributed by atoms with van der Waals surface area (Å²) in [5.41, 5.74) is 0.707. The van der Waals surface area contributed by atoms with Crippen molar-refractivity contribution in [3.05, 3.63) is 29.8 Å². The highest BCUT2D eigenvalue weighted by atomic mass is 16.5. The molecule has 0 radical (unpaired) electrons. The first kappa shape index (κ1) is 13.6. The smallest absolute Gasteiger partial charge is 0.157 e. The third-order valence-corrected chi connectivity index (χ3v) is 3.46. The molecule has 1 aromatic carbocycles. The SMILES string of the molecule is COc1cccc(C(C#N)C(=O)C2CCOCC2)c1. The molecule has 1 atom stereocenters. The van der Waals surface area contributed by atoms with E-state index in [4.69, 9.17) is 9.47 Å². The fourth-order valence-corrected chi connectivity index (χ4v) is 2.34. The summed E-state index contributed by atoms with van der Waals surface area (Å²) < 4.78 is 10.4. The first-order valence-electron chi connectivity index (χ1n) is 6.41. The molecule has 4 heteroatoms. The highest BCUT2D eigenvalue weighted by Gasteiger charge is 2.29. The zero-order valence-corrected chi connectivity index (χ0v) is 11.0. The minimum Gasteiger partial charge on any atom is -0.497 e. The molecule has 1 aromatic rings. The van der Waals surface area contributed by atoms with Crippen LogP contribution in [0.5, 0.6) is 5.75 Å². The normalized spacial score (nSPS) is 17.5. The fourth-order valence-electron chi connectivity index (χ4n) is 2.34. The number of ketones is 1. The number of hydrogen-bond acceptors (Lipinski definition) is 4. The summed E-state index contributed by atoms with van der Waals surface area (Å²) in [7, 11) is 1.57. The Labute approximate surface area is 112 Å². The summed E-state index contributed by atoms with van der Waals surface area (Å²) in [6.07, 6.45) is 1.42. The third-order valence-electron chi connectivity index (χ3n) is 3.46. The molecule has 1 unspecified atom stereocenters. The summed E-state index contributed by atoms with van der Waals surface area (Å²) in [4.78, 5) is 12.4. The van der Waals surface area contributed by atoms with Crippen molar-refractivity contribution in [2.45, 2.75) is 18.8 Å². The van der Waals surface area contributed by atoms with Crippen molar-refractivity contribution in [1.82, 2.24) is 0 Å². The third kappa shape index (κ3) is 3.12. The molecule has 1 aliphatic heterocycles. The molecule has 4 nitrogen and oxygen atoms in total. The minimum atomic E-state index is -0.710. The van der Waals surface area contributed by atoms with Gasteiger partial charge < -0.3 is 9.47 Å². The van der Waals surface area contributed by atoms with Gasteiger partial charge in [0.25, 0.3) is 0 Å². The zero-order valence-electron chi connectivity index (χ0n) is 11.0. The molecule has 0 amide bonds. The number of methoxy groups -OCH3 is 1. The Bertz CT molecular complexity index is 486. The van der Waals surface area contributed by atoms with Gasteiger partial charge in [0.2, 0.25) is 0 Å². The van der Waals surface area contributed by atoms with Crippen molar-refractivity contribution in [2.75, 3.05) is 20.3 Å². The summed E-state index contributed by atoms with van der Waals surface area (Å²) in [6, 6.07) is 9.28.